The third-order valence-electron chi connectivity index (χ3n) is 6.15. The Morgan fingerprint density at radius 3 is 1.43 bits per heavy atom. The first-order valence-electron chi connectivity index (χ1n) is 11.8. The Labute approximate surface area is 235 Å². The molecular weight excluding hydrogens is 633 g/mol. The van der Waals surface area contributed by atoms with Crippen molar-refractivity contribution in [2.45, 2.75) is 64.7 Å². The summed E-state index contributed by atoms with van der Waals surface area (Å²) in [6.45, 7) is 3.37. The van der Waals surface area contributed by atoms with Gasteiger partial charge in [-0.15, -0.1) is 0 Å². The maximum Gasteiger partial charge on any atom is 0.460 e. The van der Waals surface area contributed by atoms with Gasteiger partial charge in [-0.3, -0.25) is 0 Å². The van der Waals surface area contributed by atoms with E-state index in [9.17, 15) is 52.3 Å². The average molecular weight is 655 g/mol. The fraction of sp³-hybridized carbons (Fsp3) is 0.308. The Balaban J connectivity index is 2.44. The second-order valence-corrected chi connectivity index (χ2v) is 13.3. The molecule has 3 nitrogen and oxygen atoms in total. The molecule has 42 heavy (non-hydrogen) atoms. The summed E-state index contributed by atoms with van der Waals surface area (Å²) in [5.74, 6) is -18.0. The van der Waals surface area contributed by atoms with Crippen LogP contribution in [0.2, 0.25) is 0 Å². The SMILES string of the molecule is CCc1ccc(S(OS(=O)(=O)C(F)(F)C(F)(F)C(F)(F)C(F)(F)F)(c2ccc(CC)cc2)c2ccc(F)cc2F)cc1. The van der Waals surface area contributed by atoms with E-state index in [2.05, 4.69) is 3.63 Å². The number of hydrogen-bond acceptors (Lipinski definition) is 3. The number of rotatable bonds is 10. The maximum atomic E-state index is 15.4. The van der Waals surface area contributed by atoms with E-state index in [1.54, 1.807) is 13.8 Å². The summed E-state index contributed by atoms with van der Waals surface area (Å²) < 4.78 is 184. The molecule has 0 saturated heterocycles. The van der Waals surface area contributed by atoms with Crippen LogP contribution in [0.25, 0.3) is 0 Å². The Morgan fingerprint density at radius 1 is 0.643 bits per heavy atom. The lowest BCUT2D eigenvalue weighted by atomic mass is 10.1. The molecule has 3 aromatic rings. The third-order valence-corrected chi connectivity index (χ3v) is 11.4. The third kappa shape index (κ3) is 5.48. The molecule has 0 unspecified atom stereocenters. The van der Waals surface area contributed by atoms with E-state index in [1.165, 1.54) is 24.3 Å². The van der Waals surface area contributed by atoms with E-state index in [0.717, 1.165) is 24.3 Å². The van der Waals surface area contributed by atoms with Gasteiger partial charge in [-0.2, -0.15) is 47.9 Å². The molecule has 3 aromatic carbocycles. The van der Waals surface area contributed by atoms with Gasteiger partial charge in [-0.05, 0) is 70.7 Å². The van der Waals surface area contributed by atoms with E-state index >= 15 is 4.39 Å². The monoisotopic (exact) mass is 654 g/mol. The van der Waals surface area contributed by atoms with Crippen LogP contribution in [0, 0.1) is 11.6 Å². The molecule has 16 heteroatoms. The van der Waals surface area contributed by atoms with Crippen LogP contribution in [0.15, 0.2) is 81.4 Å². The first-order valence-corrected chi connectivity index (χ1v) is 14.8. The Bertz CT molecular complexity index is 1470. The highest BCUT2D eigenvalue weighted by molar-refractivity contribution is 8.33. The van der Waals surface area contributed by atoms with Gasteiger partial charge in [0.05, 0.1) is 4.90 Å². The van der Waals surface area contributed by atoms with Crippen molar-refractivity contribution in [1.29, 1.82) is 0 Å². The van der Waals surface area contributed by atoms with Crippen molar-refractivity contribution in [3.8, 4) is 0 Å². The summed E-state index contributed by atoms with van der Waals surface area (Å²) in [4.78, 5) is -1.93. The highest BCUT2D eigenvalue weighted by atomic mass is 32.3. The molecule has 0 saturated carbocycles. The molecule has 0 aliphatic rings. The van der Waals surface area contributed by atoms with Crippen molar-refractivity contribution >= 4 is 20.4 Å². The van der Waals surface area contributed by atoms with E-state index in [1.807, 2.05) is 0 Å². The van der Waals surface area contributed by atoms with Gasteiger partial charge in [0.25, 0.3) is 0 Å². The standard InChI is InChI=1S/C26H21F11O3S2/c1-3-16-5-10-19(11-6-16)41(20-12-7-17(4-2)8-13-20,22-14-9-18(27)15-21(22)28)40-42(38,39)26(36,37)24(31,32)23(29,30)25(33,34)35/h5-15H,3-4H2,1-2H3. The molecule has 0 bridgehead atoms. The summed E-state index contributed by atoms with van der Waals surface area (Å²) in [7, 11) is -12.1. The summed E-state index contributed by atoms with van der Waals surface area (Å²) in [6.07, 6.45) is -6.57. The molecule has 0 amide bonds. The molecule has 0 atom stereocenters. The topological polar surface area (TPSA) is 43.4 Å². The van der Waals surface area contributed by atoms with Crippen molar-refractivity contribution in [1.82, 2.24) is 0 Å². The van der Waals surface area contributed by atoms with Crippen LogP contribution in [0.1, 0.15) is 25.0 Å². The molecule has 0 aromatic heterocycles. The lowest BCUT2D eigenvalue weighted by Crippen LogP contribution is -2.63. The summed E-state index contributed by atoms with van der Waals surface area (Å²) in [6, 6.07) is 10.8. The Hall–Kier alpha value is -2.85. The minimum Gasteiger partial charge on any atom is -0.207 e. The normalized spacial score (nSPS) is 14.2. The van der Waals surface area contributed by atoms with E-state index < -0.39 is 70.0 Å². The lowest BCUT2D eigenvalue weighted by Gasteiger charge is -2.41. The molecular formula is C26H21F11O3S2. The molecule has 0 aliphatic heterocycles. The molecule has 0 fully saturated rings. The fourth-order valence-electron chi connectivity index (χ4n) is 3.74. The Morgan fingerprint density at radius 2 is 1.07 bits per heavy atom. The van der Waals surface area contributed by atoms with Crippen molar-refractivity contribution in [3.05, 3.63) is 89.5 Å². The highest BCUT2D eigenvalue weighted by Crippen LogP contribution is 2.72. The minimum atomic E-state index is -7.60. The quantitative estimate of drug-likeness (QED) is 0.205. The highest BCUT2D eigenvalue weighted by Gasteiger charge is 2.86. The van der Waals surface area contributed by atoms with Crippen LogP contribution in [-0.2, 0) is 26.6 Å². The number of benzene rings is 3. The van der Waals surface area contributed by atoms with Crippen LogP contribution in [0.5, 0.6) is 0 Å². The van der Waals surface area contributed by atoms with Crippen molar-refractivity contribution in [2.24, 2.45) is 0 Å². The van der Waals surface area contributed by atoms with Gasteiger partial charge < -0.3 is 0 Å². The lowest BCUT2D eigenvalue weighted by molar-refractivity contribution is -0.382. The summed E-state index contributed by atoms with van der Waals surface area (Å²) >= 11 is 0. The second-order valence-electron chi connectivity index (χ2n) is 8.81. The number of hydrogen-bond donors (Lipinski definition) is 0. The van der Waals surface area contributed by atoms with E-state index in [4.69, 9.17) is 0 Å². The molecule has 232 valence electrons. The maximum absolute atomic E-state index is 15.4. The van der Waals surface area contributed by atoms with Gasteiger partial charge in [-0.25, -0.2) is 12.4 Å². The zero-order valence-electron chi connectivity index (χ0n) is 21.5. The van der Waals surface area contributed by atoms with E-state index in [0.29, 0.717) is 36.1 Å². The van der Waals surface area contributed by atoms with Gasteiger partial charge in [0.1, 0.15) is 11.6 Å². The van der Waals surface area contributed by atoms with Crippen LogP contribution in [0.4, 0.5) is 48.3 Å². The van der Waals surface area contributed by atoms with E-state index in [-0.39, 0.29) is 6.07 Å². The summed E-state index contributed by atoms with van der Waals surface area (Å²) in [5.41, 5.74) is 1.11. The fourth-order valence-corrected chi connectivity index (χ4v) is 8.93. The number of aryl methyl sites for hydroxylation is 2. The number of halogens is 11. The van der Waals surface area contributed by atoms with Crippen molar-refractivity contribution < 1.29 is 60.3 Å². The molecule has 0 spiro atoms. The van der Waals surface area contributed by atoms with Crippen LogP contribution in [-0.4, -0.2) is 31.7 Å². The minimum absolute atomic E-state index is 0.193. The molecule has 0 N–H and O–H groups in total. The van der Waals surface area contributed by atoms with Gasteiger partial charge >= 0.3 is 33.4 Å². The smallest absolute Gasteiger partial charge is 0.207 e. The Kier molecular flexibility index (Phi) is 9.08. The molecule has 0 radical (unpaired) electrons. The number of alkyl halides is 9. The molecule has 0 aliphatic carbocycles. The largest absolute Gasteiger partial charge is 0.460 e. The first-order chi connectivity index (χ1) is 19.2. The van der Waals surface area contributed by atoms with Crippen molar-refractivity contribution in [3.63, 3.8) is 0 Å². The summed E-state index contributed by atoms with van der Waals surface area (Å²) in [5, 5.41) is -7.22. The second kappa shape index (κ2) is 11.3. The zero-order chi connectivity index (χ0) is 31.9. The van der Waals surface area contributed by atoms with Crippen LogP contribution < -0.4 is 0 Å². The van der Waals surface area contributed by atoms with Gasteiger partial charge in [-0.1, -0.05) is 38.1 Å². The predicted molar refractivity (Wildman–Crippen MR) is 131 cm³/mol. The predicted octanol–water partition coefficient (Wildman–Crippen LogP) is 9.06. The molecule has 0 heterocycles. The van der Waals surface area contributed by atoms with Crippen LogP contribution in [0.3, 0.4) is 0 Å². The first kappa shape index (κ1) is 33.6. The zero-order valence-corrected chi connectivity index (χ0v) is 23.1. The average Bonchev–Trinajstić information content (AvgIpc) is 2.91. The van der Waals surface area contributed by atoms with Crippen LogP contribution >= 0.6 is 10.3 Å². The van der Waals surface area contributed by atoms with Gasteiger partial charge in [0, 0.05) is 15.9 Å². The van der Waals surface area contributed by atoms with Crippen molar-refractivity contribution in [2.75, 3.05) is 0 Å². The van der Waals surface area contributed by atoms with Gasteiger partial charge in [0.15, 0.2) is 0 Å². The van der Waals surface area contributed by atoms with Gasteiger partial charge in [0.2, 0.25) is 0 Å². The molecule has 3 rings (SSSR count).